The zero-order chi connectivity index (χ0) is 22.5. The van der Waals surface area contributed by atoms with Crippen molar-refractivity contribution in [1.29, 1.82) is 0 Å². The number of hydrogen-bond acceptors (Lipinski definition) is 5. The van der Waals surface area contributed by atoms with E-state index < -0.39 is 0 Å². The zero-order valence-corrected chi connectivity index (χ0v) is 18.8. The second-order valence-electron chi connectivity index (χ2n) is 7.97. The molecule has 1 saturated heterocycles. The number of halogens is 1. The largest absolute Gasteiger partial charge is 0.354 e. The van der Waals surface area contributed by atoms with Crippen LogP contribution in [-0.2, 0) is 13.1 Å². The number of carbonyl (C=O) groups is 1. The third kappa shape index (κ3) is 5.36. The number of piperazine rings is 1. The molecule has 0 spiro atoms. The Morgan fingerprint density at radius 2 is 1.84 bits per heavy atom. The fraction of sp³-hybridized carbons (Fsp3) is 0.292. The van der Waals surface area contributed by atoms with E-state index in [4.69, 9.17) is 11.6 Å². The number of amides is 1. The Balaban J connectivity index is 1.38. The summed E-state index contributed by atoms with van der Waals surface area (Å²) < 4.78 is 1.49. The molecule has 1 fully saturated rings. The molecule has 0 aliphatic carbocycles. The standard InChI is InChI=1S/C24H26ClN5O2/c1-28-10-12-29(13-11-28)22-8-6-18(14-26-22)15-27-24(32)20-7-9-23(31)30(17-20)16-19-4-2-3-5-21(19)25/h2-9,14,17H,10-13,15-16H2,1H3,(H,27,32). The summed E-state index contributed by atoms with van der Waals surface area (Å²) in [5, 5.41) is 3.49. The highest BCUT2D eigenvalue weighted by molar-refractivity contribution is 6.31. The summed E-state index contributed by atoms with van der Waals surface area (Å²) in [6, 6.07) is 14.3. The predicted molar refractivity (Wildman–Crippen MR) is 126 cm³/mol. The van der Waals surface area contributed by atoms with Crippen molar-refractivity contribution in [2.45, 2.75) is 13.1 Å². The molecule has 7 nitrogen and oxygen atoms in total. The lowest BCUT2D eigenvalue weighted by atomic mass is 10.2. The van der Waals surface area contributed by atoms with E-state index in [1.165, 1.54) is 16.7 Å². The Labute approximate surface area is 192 Å². The molecule has 0 saturated carbocycles. The average Bonchev–Trinajstić information content (AvgIpc) is 2.81. The maximum Gasteiger partial charge on any atom is 0.253 e. The summed E-state index contributed by atoms with van der Waals surface area (Å²) in [7, 11) is 2.12. The maximum absolute atomic E-state index is 12.7. The number of anilines is 1. The Morgan fingerprint density at radius 1 is 1.06 bits per heavy atom. The van der Waals surface area contributed by atoms with Gasteiger partial charge in [0, 0.05) is 56.2 Å². The minimum Gasteiger partial charge on any atom is -0.354 e. The summed E-state index contributed by atoms with van der Waals surface area (Å²) in [5.74, 6) is 0.709. The number of benzene rings is 1. The fourth-order valence-corrected chi connectivity index (χ4v) is 3.82. The lowest BCUT2D eigenvalue weighted by Crippen LogP contribution is -2.44. The van der Waals surface area contributed by atoms with Crippen molar-refractivity contribution in [3.63, 3.8) is 0 Å². The first-order chi connectivity index (χ1) is 15.5. The fourth-order valence-electron chi connectivity index (χ4n) is 3.63. The quantitative estimate of drug-likeness (QED) is 0.624. The molecule has 1 amide bonds. The van der Waals surface area contributed by atoms with E-state index in [2.05, 4.69) is 27.1 Å². The molecule has 3 aromatic rings. The number of hydrogen-bond donors (Lipinski definition) is 1. The predicted octanol–water partition coefficient (Wildman–Crippen LogP) is 2.63. The molecule has 0 atom stereocenters. The molecule has 166 valence electrons. The smallest absolute Gasteiger partial charge is 0.253 e. The SMILES string of the molecule is CN1CCN(c2ccc(CNC(=O)c3ccc(=O)n(Cc4ccccc4Cl)c3)cn2)CC1. The number of pyridine rings is 2. The zero-order valence-electron chi connectivity index (χ0n) is 18.0. The van der Waals surface area contributed by atoms with Gasteiger partial charge >= 0.3 is 0 Å². The molecule has 1 aliphatic heterocycles. The molecule has 3 heterocycles. The molecule has 1 aromatic carbocycles. The van der Waals surface area contributed by atoms with Gasteiger partial charge in [0.25, 0.3) is 11.5 Å². The van der Waals surface area contributed by atoms with Crippen LogP contribution in [0.5, 0.6) is 0 Å². The van der Waals surface area contributed by atoms with Gasteiger partial charge in [-0.25, -0.2) is 4.98 Å². The van der Waals surface area contributed by atoms with Crippen LogP contribution in [-0.4, -0.2) is 53.6 Å². The minimum absolute atomic E-state index is 0.190. The van der Waals surface area contributed by atoms with Gasteiger partial charge in [0.15, 0.2) is 0 Å². The first-order valence-corrected chi connectivity index (χ1v) is 11.0. The van der Waals surface area contributed by atoms with Gasteiger partial charge in [-0.3, -0.25) is 9.59 Å². The molecule has 2 aromatic heterocycles. The second kappa shape index (κ2) is 9.97. The summed E-state index contributed by atoms with van der Waals surface area (Å²) in [6.45, 7) is 4.64. The molecular weight excluding hydrogens is 426 g/mol. The minimum atomic E-state index is -0.249. The summed E-state index contributed by atoms with van der Waals surface area (Å²) >= 11 is 6.21. The Hall–Kier alpha value is -3.16. The highest BCUT2D eigenvalue weighted by Crippen LogP contribution is 2.16. The van der Waals surface area contributed by atoms with Crippen LogP contribution in [0.15, 0.2) is 65.7 Å². The van der Waals surface area contributed by atoms with Gasteiger partial charge in [-0.1, -0.05) is 35.9 Å². The van der Waals surface area contributed by atoms with Crippen molar-refractivity contribution in [3.8, 4) is 0 Å². The molecule has 1 N–H and O–H groups in total. The molecule has 1 aliphatic rings. The van der Waals surface area contributed by atoms with Crippen molar-refractivity contribution >= 4 is 23.3 Å². The summed E-state index contributed by atoms with van der Waals surface area (Å²) in [5.41, 5.74) is 1.96. The number of aromatic nitrogens is 2. The van der Waals surface area contributed by atoms with Crippen LogP contribution in [0.3, 0.4) is 0 Å². The molecule has 8 heteroatoms. The van der Waals surface area contributed by atoms with Crippen molar-refractivity contribution < 1.29 is 4.79 Å². The lowest BCUT2D eigenvalue weighted by Gasteiger charge is -2.33. The highest BCUT2D eigenvalue weighted by atomic mass is 35.5. The van der Waals surface area contributed by atoms with Crippen LogP contribution in [0.1, 0.15) is 21.5 Å². The van der Waals surface area contributed by atoms with E-state index in [0.29, 0.717) is 23.7 Å². The summed E-state index contributed by atoms with van der Waals surface area (Å²) in [4.78, 5) is 34.0. The molecular formula is C24H26ClN5O2. The topological polar surface area (TPSA) is 70.5 Å². The Bertz CT molecular complexity index is 1140. The van der Waals surface area contributed by atoms with Crippen LogP contribution < -0.4 is 15.8 Å². The van der Waals surface area contributed by atoms with Crippen molar-refractivity contribution in [2.24, 2.45) is 0 Å². The van der Waals surface area contributed by atoms with E-state index in [1.54, 1.807) is 18.5 Å². The highest BCUT2D eigenvalue weighted by Gasteiger charge is 2.15. The van der Waals surface area contributed by atoms with Gasteiger partial charge in [0.1, 0.15) is 5.82 Å². The van der Waals surface area contributed by atoms with Gasteiger partial charge in [-0.05, 0) is 36.4 Å². The van der Waals surface area contributed by atoms with E-state index in [9.17, 15) is 9.59 Å². The van der Waals surface area contributed by atoms with E-state index in [1.807, 2.05) is 30.3 Å². The van der Waals surface area contributed by atoms with Gasteiger partial charge in [-0.15, -0.1) is 0 Å². The second-order valence-corrected chi connectivity index (χ2v) is 8.38. The summed E-state index contributed by atoms with van der Waals surface area (Å²) in [6.07, 6.45) is 3.36. The number of carbonyl (C=O) groups excluding carboxylic acids is 1. The number of rotatable bonds is 6. The number of nitrogens with zero attached hydrogens (tertiary/aromatic N) is 4. The van der Waals surface area contributed by atoms with Gasteiger partial charge < -0.3 is 19.7 Å². The van der Waals surface area contributed by atoms with E-state index in [-0.39, 0.29) is 11.5 Å². The Morgan fingerprint density at radius 3 is 2.56 bits per heavy atom. The third-order valence-electron chi connectivity index (χ3n) is 5.63. The van der Waals surface area contributed by atoms with Gasteiger partial charge in [-0.2, -0.15) is 0 Å². The molecule has 0 unspecified atom stereocenters. The molecule has 32 heavy (non-hydrogen) atoms. The van der Waals surface area contributed by atoms with Crippen molar-refractivity contribution in [1.82, 2.24) is 19.8 Å². The van der Waals surface area contributed by atoms with Crippen LogP contribution in [0.2, 0.25) is 5.02 Å². The number of nitrogens with one attached hydrogen (secondary N) is 1. The average molecular weight is 452 g/mol. The lowest BCUT2D eigenvalue weighted by molar-refractivity contribution is 0.0950. The van der Waals surface area contributed by atoms with E-state index >= 15 is 0 Å². The molecule has 0 bridgehead atoms. The van der Waals surface area contributed by atoms with Crippen LogP contribution in [0, 0.1) is 0 Å². The van der Waals surface area contributed by atoms with Crippen molar-refractivity contribution in [3.05, 3.63) is 93.0 Å². The Kier molecular flexibility index (Phi) is 6.87. The van der Waals surface area contributed by atoms with Gasteiger partial charge in [0.2, 0.25) is 0 Å². The third-order valence-corrected chi connectivity index (χ3v) is 6.00. The van der Waals surface area contributed by atoms with E-state index in [0.717, 1.165) is 43.1 Å². The first-order valence-electron chi connectivity index (χ1n) is 10.6. The van der Waals surface area contributed by atoms with Gasteiger partial charge in [0.05, 0.1) is 12.1 Å². The van der Waals surface area contributed by atoms with Crippen LogP contribution in [0.25, 0.3) is 0 Å². The first kappa shape index (κ1) is 22.0. The normalized spacial score (nSPS) is 14.4. The van der Waals surface area contributed by atoms with Crippen LogP contribution >= 0.6 is 11.6 Å². The maximum atomic E-state index is 12.7. The van der Waals surface area contributed by atoms with Crippen molar-refractivity contribution in [2.75, 3.05) is 38.1 Å². The molecule has 4 rings (SSSR count). The number of likely N-dealkylation sites (N-methyl/N-ethyl adjacent to an activating group) is 1. The molecule has 0 radical (unpaired) electrons. The monoisotopic (exact) mass is 451 g/mol. The van der Waals surface area contributed by atoms with Crippen LogP contribution in [0.4, 0.5) is 5.82 Å².